The molecule has 4 heteroatoms. The van der Waals surface area contributed by atoms with Crippen molar-refractivity contribution >= 4 is 0 Å². The molecule has 2 unspecified atom stereocenters. The smallest absolute Gasteiger partial charge is 0.668 e. The van der Waals surface area contributed by atoms with Gasteiger partial charge < -0.3 is 23.4 Å². The van der Waals surface area contributed by atoms with E-state index in [9.17, 15) is 0 Å². The van der Waals surface area contributed by atoms with Crippen molar-refractivity contribution in [3.63, 3.8) is 0 Å². The summed E-state index contributed by atoms with van der Waals surface area (Å²) in [5.74, 6) is 0.629. The van der Waals surface area contributed by atoms with E-state index in [2.05, 4.69) is 54.9 Å². The van der Waals surface area contributed by atoms with E-state index in [1.165, 1.54) is 5.57 Å². The first-order chi connectivity index (χ1) is 9.06. The van der Waals surface area contributed by atoms with Crippen LogP contribution in [0.4, 0.5) is 0 Å². The summed E-state index contributed by atoms with van der Waals surface area (Å²) in [6.45, 7) is 7.64. The molecule has 0 aromatic rings. The average Bonchev–Trinajstić information content (AvgIpc) is 2.91. The summed E-state index contributed by atoms with van der Waals surface area (Å²) in [5.41, 5.74) is 1.53. The third-order valence-electron chi connectivity index (χ3n) is 2.71. The second-order valence-electron chi connectivity index (χ2n) is 4.79. The molecule has 1 aliphatic rings. The molecule has 1 rings (SSSR count). The maximum absolute atomic E-state index is 4.62. The zero-order chi connectivity index (χ0) is 15.1. The van der Waals surface area contributed by atoms with E-state index in [0.29, 0.717) is 12.0 Å². The first-order valence-corrected chi connectivity index (χ1v) is 7.05. The SMILES string of the molecule is CCC(C)[N-]CC(C)C1=CC=CC1.C[N-]C.C[N-]C.[CH3-].[Hf+4]. The summed E-state index contributed by atoms with van der Waals surface area (Å²) in [6, 6.07) is 0.525. The van der Waals surface area contributed by atoms with Gasteiger partial charge in [-0.25, -0.2) is 0 Å². The molecule has 0 fully saturated rings. The molecule has 0 saturated heterocycles. The summed E-state index contributed by atoms with van der Waals surface area (Å²) in [4.78, 5) is 0. The van der Waals surface area contributed by atoms with Crippen molar-refractivity contribution in [2.24, 2.45) is 5.92 Å². The van der Waals surface area contributed by atoms with Crippen LogP contribution in [-0.2, 0) is 25.8 Å². The standard InChI is InChI=1S/C12H20N.2C2H6N.CH3.Hf/c1-4-11(3)13-9-10(2)12-7-5-6-8-12;2*1-3-2;;/h5-7,10-11H,4,8-9H2,1-3H3;2*1-2H3;1H3;/q4*-1;+4. The number of hydrogen-bond donors (Lipinski definition) is 0. The van der Waals surface area contributed by atoms with Gasteiger partial charge in [-0.3, -0.25) is 0 Å². The maximum atomic E-state index is 4.62. The normalized spacial score (nSPS) is 14.1. The molecule has 0 amide bonds. The predicted molar refractivity (Wildman–Crippen MR) is 95.8 cm³/mol. The maximum Gasteiger partial charge on any atom is 4.00 e. The van der Waals surface area contributed by atoms with Crippen molar-refractivity contribution in [1.29, 1.82) is 0 Å². The van der Waals surface area contributed by atoms with Gasteiger partial charge in [0.15, 0.2) is 0 Å². The third-order valence-corrected chi connectivity index (χ3v) is 2.71. The van der Waals surface area contributed by atoms with E-state index in [1.807, 2.05) is 0 Å². The van der Waals surface area contributed by atoms with Gasteiger partial charge in [-0.1, -0.05) is 51.0 Å². The van der Waals surface area contributed by atoms with Crippen LogP contribution in [0.25, 0.3) is 16.0 Å². The van der Waals surface area contributed by atoms with Gasteiger partial charge in [-0.15, -0.1) is 12.6 Å². The van der Waals surface area contributed by atoms with Crippen LogP contribution in [0, 0.1) is 13.3 Å². The van der Waals surface area contributed by atoms with Gasteiger partial charge in [0.1, 0.15) is 0 Å². The first-order valence-electron chi connectivity index (χ1n) is 7.05. The van der Waals surface area contributed by atoms with Crippen LogP contribution in [0.2, 0.25) is 0 Å². The van der Waals surface area contributed by atoms with Gasteiger partial charge >= 0.3 is 25.8 Å². The van der Waals surface area contributed by atoms with Crippen molar-refractivity contribution in [3.8, 4) is 0 Å². The van der Waals surface area contributed by atoms with E-state index in [-0.39, 0.29) is 33.3 Å². The monoisotopic (exact) mass is 461 g/mol. The summed E-state index contributed by atoms with van der Waals surface area (Å²) < 4.78 is 0. The van der Waals surface area contributed by atoms with Crippen LogP contribution in [0.1, 0.15) is 33.6 Å². The summed E-state index contributed by atoms with van der Waals surface area (Å²) in [6.07, 6.45) is 8.89. The topological polar surface area (TPSA) is 42.3 Å². The van der Waals surface area contributed by atoms with Gasteiger partial charge in [0.25, 0.3) is 0 Å². The Morgan fingerprint density at radius 2 is 1.57 bits per heavy atom. The average molecular weight is 460 g/mol. The molecule has 0 spiro atoms. The minimum Gasteiger partial charge on any atom is -0.668 e. The van der Waals surface area contributed by atoms with Crippen LogP contribution in [0.15, 0.2) is 23.8 Å². The van der Waals surface area contributed by atoms with Crippen LogP contribution in [0.5, 0.6) is 0 Å². The van der Waals surface area contributed by atoms with Gasteiger partial charge in [0, 0.05) is 0 Å². The number of allylic oxidation sites excluding steroid dienone is 3. The molecule has 0 bridgehead atoms. The Balaban J connectivity index is -0.000000157. The fourth-order valence-electron chi connectivity index (χ4n) is 1.41. The molecular weight excluding hydrogens is 425 g/mol. The first kappa shape index (κ1) is 29.3. The van der Waals surface area contributed by atoms with Gasteiger partial charge in [-0.2, -0.15) is 28.2 Å². The molecule has 21 heavy (non-hydrogen) atoms. The fraction of sp³-hybridized carbons (Fsp3) is 0.706. The van der Waals surface area contributed by atoms with Crippen molar-refractivity contribution in [2.45, 2.75) is 39.7 Å². The Kier molecular flexibility index (Phi) is 31.4. The molecule has 0 heterocycles. The molecule has 1 aliphatic carbocycles. The van der Waals surface area contributed by atoms with Crippen molar-refractivity contribution in [1.82, 2.24) is 0 Å². The zero-order valence-corrected chi connectivity index (χ0v) is 18.9. The molecule has 2 atom stereocenters. The number of rotatable bonds is 5. The molecule has 0 aliphatic heterocycles. The minimum absolute atomic E-state index is 0. The van der Waals surface area contributed by atoms with Gasteiger partial charge in [0.2, 0.25) is 0 Å². The predicted octanol–water partition coefficient (Wildman–Crippen LogP) is 5.37. The molecule has 0 aromatic heterocycles. The number of nitrogens with zero attached hydrogens (tertiary/aromatic N) is 3. The Labute approximate surface area is 153 Å². The summed E-state index contributed by atoms with van der Waals surface area (Å²) >= 11 is 0. The van der Waals surface area contributed by atoms with E-state index in [0.717, 1.165) is 19.4 Å². The quantitative estimate of drug-likeness (QED) is 0.392. The van der Waals surface area contributed by atoms with E-state index in [4.69, 9.17) is 0 Å². The molecular formula is C17H35HfN3. The largest absolute Gasteiger partial charge is 4.00 e. The third kappa shape index (κ3) is 20.2. The molecule has 0 saturated carbocycles. The zero-order valence-electron chi connectivity index (χ0n) is 15.3. The fourth-order valence-corrected chi connectivity index (χ4v) is 1.41. The second kappa shape index (κ2) is 22.5. The molecule has 0 aromatic carbocycles. The van der Waals surface area contributed by atoms with Crippen LogP contribution < -0.4 is 0 Å². The molecule has 122 valence electrons. The molecule has 0 radical (unpaired) electrons. The molecule has 0 N–H and O–H groups in total. The van der Waals surface area contributed by atoms with Gasteiger partial charge in [-0.05, 0) is 12.3 Å². The summed E-state index contributed by atoms with van der Waals surface area (Å²) in [7, 11) is 7.00. The van der Waals surface area contributed by atoms with Crippen LogP contribution in [0.3, 0.4) is 0 Å². The van der Waals surface area contributed by atoms with Crippen molar-refractivity contribution in [3.05, 3.63) is 47.2 Å². The Morgan fingerprint density at radius 3 is 1.90 bits per heavy atom. The number of hydrogen-bond acceptors (Lipinski definition) is 0. The van der Waals surface area contributed by atoms with E-state index >= 15 is 0 Å². The Morgan fingerprint density at radius 1 is 1.10 bits per heavy atom. The van der Waals surface area contributed by atoms with Crippen molar-refractivity contribution in [2.75, 3.05) is 34.7 Å². The second-order valence-corrected chi connectivity index (χ2v) is 4.79. The minimum atomic E-state index is 0. The Hall–Kier alpha value is 0.230. The Bertz CT molecular complexity index is 238. The van der Waals surface area contributed by atoms with Crippen LogP contribution in [-0.4, -0.2) is 40.8 Å². The van der Waals surface area contributed by atoms with Gasteiger partial charge in [0.05, 0.1) is 0 Å². The van der Waals surface area contributed by atoms with Crippen LogP contribution >= 0.6 is 0 Å². The summed E-state index contributed by atoms with van der Waals surface area (Å²) in [5, 5.41) is 11.6. The molecule has 3 nitrogen and oxygen atoms in total. The van der Waals surface area contributed by atoms with E-state index < -0.39 is 0 Å². The van der Waals surface area contributed by atoms with E-state index in [1.54, 1.807) is 28.2 Å². The van der Waals surface area contributed by atoms with Crippen molar-refractivity contribution < 1.29 is 25.8 Å².